The maximum Gasteiger partial charge on any atom is 0.114 e. The zero-order valence-corrected chi connectivity index (χ0v) is 29.5. The van der Waals surface area contributed by atoms with Gasteiger partial charge in [-0.3, -0.25) is 4.57 Å². The van der Waals surface area contributed by atoms with Gasteiger partial charge in [0.2, 0.25) is 0 Å². The summed E-state index contributed by atoms with van der Waals surface area (Å²) in [6, 6.07) is 68.6. The summed E-state index contributed by atoms with van der Waals surface area (Å²) in [7, 11) is 0. The van der Waals surface area contributed by atoms with E-state index >= 15 is 0 Å². The maximum atomic E-state index is 4.95. The number of aryl methyl sites for hydroxylation is 1. The number of nitrogens with zero attached hydrogens (tertiary/aromatic N) is 2. The van der Waals surface area contributed by atoms with Crippen LogP contribution in [0, 0.1) is 0 Å². The van der Waals surface area contributed by atoms with Crippen LogP contribution in [-0.4, -0.2) is 9.55 Å². The van der Waals surface area contributed by atoms with Crippen LogP contribution >= 0.6 is 0 Å². The van der Waals surface area contributed by atoms with Crippen molar-refractivity contribution in [1.29, 1.82) is 0 Å². The molecule has 0 aliphatic carbocycles. The molecular formula is C51H36N2. The van der Waals surface area contributed by atoms with Crippen LogP contribution in [0.5, 0.6) is 0 Å². The minimum atomic E-state index is 0.859. The van der Waals surface area contributed by atoms with Gasteiger partial charge in [-0.05, 0) is 113 Å². The quantitative estimate of drug-likeness (QED) is 0.160. The molecule has 0 radical (unpaired) electrons. The van der Waals surface area contributed by atoms with Gasteiger partial charge in [0.25, 0.3) is 0 Å². The molecule has 0 aliphatic rings. The smallest absolute Gasteiger partial charge is 0.114 e. The fourth-order valence-electron chi connectivity index (χ4n) is 8.30. The molecule has 0 atom stereocenters. The molecule has 0 unspecified atom stereocenters. The number of hydrogen-bond acceptors (Lipinski definition) is 1. The van der Waals surface area contributed by atoms with Crippen LogP contribution in [-0.2, 0) is 6.42 Å². The van der Waals surface area contributed by atoms with Gasteiger partial charge in [0.15, 0.2) is 0 Å². The molecule has 0 amide bonds. The first-order chi connectivity index (χ1) is 26.2. The molecule has 10 aromatic rings. The lowest BCUT2D eigenvalue weighted by Gasteiger charge is -2.20. The highest BCUT2D eigenvalue weighted by molar-refractivity contribution is 6.22. The minimum Gasteiger partial charge on any atom is -0.296 e. The Bertz CT molecular complexity index is 2970. The van der Waals surface area contributed by atoms with Gasteiger partial charge in [-0.1, -0.05) is 159 Å². The first-order valence-electron chi connectivity index (χ1n) is 18.4. The van der Waals surface area contributed by atoms with Gasteiger partial charge in [-0.25, -0.2) is 4.98 Å². The largest absolute Gasteiger partial charge is 0.296 e. The lowest BCUT2D eigenvalue weighted by Crippen LogP contribution is -2.00. The molecule has 0 bridgehead atoms. The lowest BCUT2D eigenvalue weighted by molar-refractivity contribution is 0.908. The molecule has 0 N–H and O–H groups in total. The van der Waals surface area contributed by atoms with Gasteiger partial charge in [0, 0.05) is 12.1 Å². The molecule has 0 aliphatic heterocycles. The monoisotopic (exact) mass is 676 g/mol. The van der Waals surface area contributed by atoms with Crippen LogP contribution in [0.15, 0.2) is 188 Å². The number of rotatable bonds is 6. The van der Waals surface area contributed by atoms with Gasteiger partial charge >= 0.3 is 0 Å². The Labute approximate surface area is 309 Å². The number of para-hydroxylation sites is 2. The predicted molar refractivity (Wildman–Crippen MR) is 225 cm³/mol. The summed E-state index contributed by atoms with van der Waals surface area (Å²) in [5.74, 6) is 1.07. The molecule has 250 valence electrons. The number of hydrogen-bond donors (Lipinski definition) is 0. The normalized spacial score (nSPS) is 11.6. The predicted octanol–water partition coefficient (Wildman–Crippen LogP) is 13.7. The van der Waals surface area contributed by atoms with Crippen molar-refractivity contribution in [2.45, 2.75) is 13.3 Å². The van der Waals surface area contributed by atoms with E-state index in [1.54, 1.807) is 0 Å². The second-order valence-electron chi connectivity index (χ2n) is 13.8. The second-order valence-corrected chi connectivity index (χ2v) is 13.8. The summed E-state index contributed by atoms with van der Waals surface area (Å²) >= 11 is 0. The molecule has 9 aromatic carbocycles. The lowest BCUT2D eigenvalue weighted by atomic mass is 9.84. The third-order valence-electron chi connectivity index (χ3n) is 10.7. The summed E-state index contributed by atoms with van der Waals surface area (Å²) in [4.78, 5) is 4.95. The van der Waals surface area contributed by atoms with Crippen LogP contribution in [0.25, 0.3) is 93.5 Å². The van der Waals surface area contributed by atoms with Crippen molar-refractivity contribution in [1.82, 2.24) is 9.55 Å². The average molecular weight is 677 g/mol. The topological polar surface area (TPSA) is 17.8 Å². The van der Waals surface area contributed by atoms with Crippen LogP contribution in [0.3, 0.4) is 0 Å². The van der Waals surface area contributed by atoms with E-state index in [0.717, 1.165) is 29.0 Å². The number of benzene rings is 9. The molecule has 2 nitrogen and oxygen atoms in total. The molecule has 0 spiro atoms. The van der Waals surface area contributed by atoms with Crippen molar-refractivity contribution < 1.29 is 0 Å². The Morgan fingerprint density at radius 3 is 1.77 bits per heavy atom. The van der Waals surface area contributed by atoms with E-state index in [-0.39, 0.29) is 0 Å². The maximum absolute atomic E-state index is 4.95. The Morgan fingerprint density at radius 2 is 1.00 bits per heavy atom. The molecule has 10 rings (SSSR count). The van der Waals surface area contributed by atoms with Crippen molar-refractivity contribution in [3.63, 3.8) is 0 Å². The Balaban J connectivity index is 1.24. The first kappa shape index (κ1) is 31.0. The molecule has 0 saturated heterocycles. The minimum absolute atomic E-state index is 0.859. The van der Waals surface area contributed by atoms with E-state index in [9.17, 15) is 0 Å². The zero-order chi connectivity index (χ0) is 35.3. The first-order valence-corrected chi connectivity index (χ1v) is 18.4. The summed E-state index contributed by atoms with van der Waals surface area (Å²) < 4.78 is 2.30. The summed E-state index contributed by atoms with van der Waals surface area (Å²) in [6.07, 6.45) is 0.859. The second kappa shape index (κ2) is 12.8. The van der Waals surface area contributed by atoms with E-state index in [0.29, 0.717) is 0 Å². The molecule has 0 saturated carbocycles. The van der Waals surface area contributed by atoms with Crippen LogP contribution < -0.4 is 0 Å². The number of fused-ring (bicyclic) bond motifs is 4. The third-order valence-corrected chi connectivity index (χ3v) is 10.7. The molecule has 2 heteroatoms. The van der Waals surface area contributed by atoms with E-state index < -0.39 is 0 Å². The van der Waals surface area contributed by atoms with Crippen LogP contribution in [0.2, 0.25) is 0 Å². The molecular weight excluding hydrogens is 641 g/mol. The highest BCUT2D eigenvalue weighted by Crippen LogP contribution is 2.46. The Morgan fingerprint density at radius 1 is 0.415 bits per heavy atom. The van der Waals surface area contributed by atoms with Crippen molar-refractivity contribution in [3.05, 3.63) is 194 Å². The van der Waals surface area contributed by atoms with Crippen molar-refractivity contribution >= 4 is 43.4 Å². The van der Waals surface area contributed by atoms with Crippen molar-refractivity contribution in [2.24, 2.45) is 0 Å². The van der Waals surface area contributed by atoms with Gasteiger partial charge < -0.3 is 0 Å². The third kappa shape index (κ3) is 5.22. The number of aromatic nitrogens is 2. The van der Waals surface area contributed by atoms with Crippen LogP contribution in [0.1, 0.15) is 12.7 Å². The molecule has 1 heterocycles. The molecule has 1 aromatic heterocycles. The van der Waals surface area contributed by atoms with E-state index in [1.165, 1.54) is 76.8 Å². The van der Waals surface area contributed by atoms with Gasteiger partial charge in [0.05, 0.1) is 11.0 Å². The van der Waals surface area contributed by atoms with E-state index in [4.69, 9.17) is 4.98 Å². The zero-order valence-electron chi connectivity index (χ0n) is 29.5. The highest BCUT2D eigenvalue weighted by Gasteiger charge is 2.19. The molecule has 53 heavy (non-hydrogen) atoms. The fraction of sp³-hybridized carbons (Fsp3) is 0.0392. The summed E-state index contributed by atoms with van der Waals surface area (Å²) in [5.41, 5.74) is 13.1. The highest BCUT2D eigenvalue weighted by atomic mass is 15.1. The summed E-state index contributed by atoms with van der Waals surface area (Å²) in [5, 5.41) is 7.46. The van der Waals surface area contributed by atoms with Crippen molar-refractivity contribution in [3.8, 4) is 50.2 Å². The van der Waals surface area contributed by atoms with Gasteiger partial charge in [0.1, 0.15) is 5.82 Å². The Kier molecular flexibility index (Phi) is 7.47. The van der Waals surface area contributed by atoms with Crippen LogP contribution in [0.4, 0.5) is 0 Å². The SMILES string of the molecule is CCc1nc2ccccc2n1-c1ccc(-c2c3ccccc3c(-c3ccc4ccccc4c3)c3cc(-c4ccccc4-c4ccccc4)ccc23)cc1. The average Bonchev–Trinajstić information content (AvgIpc) is 3.62. The molecule has 0 fully saturated rings. The van der Waals surface area contributed by atoms with Gasteiger partial charge in [-0.15, -0.1) is 0 Å². The van der Waals surface area contributed by atoms with E-state index in [2.05, 4.69) is 200 Å². The standard InChI is InChI=1S/C51H36N2/c1-2-49-52-47-22-12-13-23-48(47)53(49)40-29-26-36(27-30-40)50-43-20-10-11-21-44(43)51(39-25-24-34-14-6-7-17-37(34)32-39)46-33-38(28-31-45(46)50)42-19-9-8-18-41(42)35-15-4-3-5-16-35/h3-33H,2H2,1H3. The summed E-state index contributed by atoms with van der Waals surface area (Å²) in [6.45, 7) is 2.17. The van der Waals surface area contributed by atoms with Crippen molar-refractivity contribution in [2.75, 3.05) is 0 Å². The Hall–Kier alpha value is -6.77. The number of imidazole rings is 1. The van der Waals surface area contributed by atoms with Gasteiger partial charge in [-0.2, -0.15) is 0 Å². The fourth-order valence-corrected chi connectivity index (χ4v) is 8.30. The van der Waals surface area contributed by atoms with E-state index in [1.807, 2.05) is 0 Å².